The van der Waals surface area contributed by atoms with Gasteiger partial charge in [-0.15, -0.1) is 11.3 Å². The fourth-order valence-corrected chi connectivity index (χ4v) is 6.61. The van der Waals surface area contributed by atoms with Crippen LogP contribution in [0.25, 0.3) is 10.4 Å². The van der Waals surface area contributed by atoms with Gasteiger partial charge in [0.25, 0.3) is 0 Å². The first-order chi connectivity index (χ1) is 13.6. The second kappa shape index (κ2) is 6.91. The van der Waals surface area contributed by atoms with Crippen LogP contribution in [0.4, 0.5) is 27.6 Å². The molecule has 0 fully saturated rings. The summed E-state index contributed by atoms with van der Waals surface area (Å²) in [5, 5.41) is 0. The molecule has 1 aromatic heterocycles. The predicted molar refractivity (Wildman–Crippen MR) is 106 cm³/mol. The minimum atomic E-state index is -4.79. The smallest absolute Gasteiger partial charge is 0.391 e. The van der Waals surface area contributed by atoms with Crippen molar-refractivity contribution in [2.45, 2.75) is 36.7 Å². The summed E-state index contributed by atoms with van der Waals surface area (Å²) in [5.74, 6) is -3.03. The molecule has 1 aliphatic rings. The molecule has 164 valence electrons. The Morgan fingerprint density at radius 3 is 2.30 bits per heavy atom. The Morgan fingerprint density at radius 1 is 1.13 bits per heavy atom. The molecule has 0 aliphatic carbocycles. The normalized spacial score (nSPS) is 26.4. The minimum Gasteiger partial charge on any atom is -0.396 e. The number of hydrogen-bond acceptors (Lipinski definition) is 6. The summed E-state index contributed by atoms with van der Waals surface area (Å²) in [7, 11) is -4.45. The monoisotopic (exact) mass is 467 g/mol. The first-order valence-corrected chi connectivity index (χ1v) is 11.0. The standard InChI is InChI=1S/C18H18F5N3O2S2/c1-16(8-30(27,28)17(2,15(25)26-16)7-18(21,22)23)14-11(20)6-13(29-14)9-3-4-10(19)12(24)5-9/h3-6H,7-8,24H2,1-2H3,(H2,25,26)/t16-,17?/m0/s1. The highest BCUT2D eigenvalue weighted by Gasteiger charge is 2.56. The van der Waals surface area contributed by atoms with Gasteiger partial charge in [-0.1, -0.05) is 6.07 Å². The van der Waals surface area contributed by atoms with Gasteiger partial charge in [0.05, 0.1) is 22.7 Å². The van der Waals surface area contributed by atoms with E-state index in [1.54, 1.807) is 0 Å². The summed E-state index contributed by atoms with van der Waals surface area (Å²) in [4.78, 5) is 4.23. The van der Waals surface area contributed by atoms with E-state index < -0.39 is 55.9 Å². The predicted octanol–water partition coefficient (Wildman–Crippen LogP) is 3.99. The van der Waals surface area contributed by atoms with Gasteiger partial charge in [-0.3, -0.25) is 4.99 Å². The molecule has 0 amide bonds. The summed E-state index contributed by atoms with van der Waals surface area (Å²) in [5.41, 5.74) is 9.77. The SMILES string of the molecule is CC1(CC(F)(F)F)C(N)=N[C@](C)(c2sc(-c3ccc(F)c(N)c3)cc2F)CS1(=O)=O. The Balaban J connectivity index is 2.09. The van der Waals surface area contributed by atoms with Crippen LogP contribution in [0.5, 0.6) is 0 Å². The lowest BCUT2D eigenvalue weighted by Gasteiger charge is -2.39. The fraction of sp³-hybridized carbons (Fsp3) is 0.389. The number of benzene rings is 1. The summed E-state index contributed by atoms with van der Waals surface area (Å²) >= 11 is 0.846. The van der Waals surface area contributed by atoms with Crippen molar-refractivity contribution < 1.29 is 30.4 Å². The van der Waals surface area contributed by atoms with Gasteiger partial charge in [0.15, 0.2) is 9.84 Å². The lowest BCUT2D eigenvalue weighted by molar-refractivity contribution is -0.137. The Bertz CT molecular complexity index is 1140. The zero-order valence-corrected chi connectivity index (χ0v) is 17.5. The van der Waals surface area contributed by atoms with E-state index in [2.05, 4.69) is 4.99 Å². The van der Waals surface area contributed by atoms with Crippen LogP contribution < -0.4 is 11.5 Å². The van der Waals surface area contributed by atoms with Crippen molar-refractivity contribution in [2.24, 2.45) is 10.7 Å². The van der Waals surface area contributed by atoms with Crippen LogP contribution in [-0.2, 0) is 15.4 Å². The number of nitrogen functional groups attached to an aromatic ring is 1. The van der Waals surface area contributed by atoms with Crippen LogP contribution in [0.2, 0.25) is 0 Å². The molecule has 12 heteroatoms. The van der Waals surface area contributed by atoms with Crippen molar-refractivity contribution in [3.8, 4) is 10.4 Å². The van der Waals surface area contributed by atoms with Crippen molar-refractivity contribution in [1.82, 2.24) is 0 Å². The zero-order chi connectivity index (χ0) is 22.7. The number of nitrogens with two attached hydrogens (primary N) is 2. The average Bonchev–Trinajstić information content (AvgIpc) is 2.96. The minimum absolute atomic E-state index is 0.110. The Labute approximate surface area is 173 Å². The summed E-state index contributed by atoms with van der Waals surface area (Å²) in [6.07, 6.45) is -6.49. The summed E-state index contributed by atoms with van der Waals surface area (Å²) in [6.45, 7) is 2.16. The largest absolute Gasteiger partial charge is 0.396 e. The number of amidine groups is 1. The number of rotatable bonds is 3. The molecular weight excluding hydrogens is 449 g/mol. The van der Waals surface area contributed by atoms with Crippen LogP contribution in [0.15, 0.2) is 29.3 Å². The number of halogens is 5. The molecule has 4 N–H and O–H groups in total. The fourth-order valence-electron chi connectivity index (χ4n) is 3.38. The lowest BCUT2D eigenvalue weighted by Crippen LogP contribution is -2.58. The Kier molecular flexibility index (Phi) is 5.17. The first kappa shape index (κ1) is 22.5. The molecule has 1 unspecified atom stereocenters. The topological polar surface area (TPSA) is 98.5 Å². The molecule has 2 aromatic rings. The van der Waals surface area contributed by atoms with Crippen molar-refractivity contribution in [1.29, 1.82) is 0 Å². The molecule has 1 aromatic carbocycles. The quantitative estimate of drug-likeness (QED) is 0.527. The van der Waals surface area contributed by atoms with Crippen molar-refractivity contribution in [2.75, 3.05) is 11.5 Å². The highest BCUT2D eigenvalue weighted by Crippen LogP contribution is 2.45. The Hall–Kier alpha value is -2.21. The molecular formula is C18H18F5N3O2S2. The van der Waals surface area contributed by atoms with E-state index >= 15 is 0 Å². The van der Waals surface area contributed by atoms with E-state index in [1.165, 1.54) is 19.1 Å². The highest BCUT2D eigenvalue weighted by atomic mass is 32.2. The number of sulfone groups is 1. The second-order valence-corrected chi connectivity index (χ2v) is 11.0. The maximum Gasteiger partial charge on any atom is 0.391 e. The number of nitrogens with zero attached hydrogens (tertiary/aromatic N) is 1. The van der Waals surface area contributed by atoms with Gasteiger partial charge in [0.2, 0.25) is 0 Å². The number of hydrogen-bond donors (Lipinski definition) is 2. The van der Waals surface area contributed by atoms with Crippen molar-refractivity contribution >= 4 is 32.7 Å². The highest BCUT2D eigenvalue weighted by molar-refractivity contribution is 7.93. The first-order valence-electron chi connectivity index (χ1n) is 8.58. The van der Waals surface area contributed by atoms with Crippen LogP contribution >= 0.6 is 11.3 Å². The molecule has 0 spiro atoms. The van der Waals surface area contributed by atoms with Crippen LogP contribution in [0.3, 0.4) is 0 Å². The number of aliphatic imine (C=N–C) groups is 1. The van der Waals surface area contributed by atoms with E-state index in [4.69, 9.17) is 11.5 Å². The van der Waals surface area contributed by atoms with Gasteiger partial charge in [-0.05, 0) is 37.6 Å². The molecule has 2 heterocycles. The maximum absolute atomic E-state index is 14.8. The molecule has 0 bridgehead atoms. The van der Waals surface area contributed by atoms with Crippen LogP contribution in [-0.4, -0.2) is 30.9 Å². The summed E-state index contributed by atoms with van der Waals surface area (Å²) in [6, 6.07) is 4.88. The molecule has 2 atom stereocenters. The number of anilines is 1. The molecule has 1 aliphatic heterocycles. The molecule has 0 saturated heterocycles. The molecule has 0 saturated carbocycles. The van der Waals surface area contributed by atoms with E-state index in [9.17, 15) is 30.4 Å². The third kappa shape index (κ3) is 3.78. The van der Waals surface area contributed by atoms with Crippen LogP contribution in [0, 0.1) is 11.6 Å². The second-order valence-electron chi connectivity index (χ2n) is 7.58. The zero-order valence-electron chi connectivity index (χ0n) is 15.8. The molecule has 5 nitrogen and oxygen atoms in total. The van der Waals surface area contributed by atoms with Crippen LogP contribution in [0.1, 0.15) is 25.1 Å². The third-order valence-electron chi connectivity index (χ3n) is 5.06. The van der Waals surface area contributed by atoms with Gasteiger partial charge < -0.3 is 11.5 Å². The number of alkyl halides is 3. The van der Waals surface area contributed by atoms with Crippen molar-refractivity contribution in [3.05, 3.63) is 40.8 Å². The van der Waals surface area contributed by atoms with Gasteiger partial charge in [0, 0.05) is 4.88 Å². The molecule has 30 heavy (non-hydrogen) atoms. The van der Waals surface area contributed by atoms with Gasteiger partial charge in [-0.2, -0.15) is 13.2 Å². The van der Waals surface area contributed by atoms with Gasteiger partial charge >= 0.3 is 6.18 Å². The third-order valence-corrected chi connectivity index (χ3v) is 9.14. The van der Waals surface area contributed by atoms with Crippen molar-refractivity contribution in [3.63, 3.8) is 0 Å². The van der Waals surface area contributed by atoms with E-state index in [0.29, 0.717) is 10.4 Å². The molecule has 0 radical (unpaired) electrons. The van der Waals surface area contributed by atoms with Gasteiger partial charge in [0.1, 0.15) is 27.8 Å². The van der Waals surface area contributed by atoms with E-state index in [0.717, 1.165) is 30.4 Å². The number of thiophene rings is 1. The van der Waals surface area contributed by atoms with Gasteiger partial charge in [-0.25, -0.2) is 17.2 Å². The lowest BCUT2D eigenvalue weighted by atomic mass is 9.99. The Morgan fingerprint density at radius 2 is 1.77 bits per heavy atom. The van der Waals surface area contributed by atoms with E-state index in [1.807, 2.05) is 0 Å². The average molecular weight is 467 g/mol. The maximum atomic E-state index is 14.8. The molecule has 3 rings (SSSR count). The summed E-state index contributed by atoms with van der Waals surface area (Å²) < 4.78 is 90.2. The van der Waals surface area contributed by atoms with E-state index in [-0.39, 0.29) is 10.6 Å².